The Kier molecular flexibility index (Phi) is 6.91. The molecular weight excluding hydrogens is 446 g/mol. The minimum atomic E-state index is -0.939. The van der Waals surface area contributed by atoms with Crippen LogP contribution in [0.1, 0.15) is 16.6 Å². The van der Waals surface area contributed by atoms with Crippen molar-refractivity contribution < 1.29 is 18.3 Å². The third-order valence-corrected chi connectivity index (χ3v) is 8.09. The van der Waals surface area contributed by atoms with Crippen molar-refractivity contribution >= 4 is 45.9 Å². The molecule has 0 saturated carbocycles. The summed E-state index contributed by atoms with van der Waals surface area (Å²) in [6, 6.07) is 11.4. The Labute approximate surface area is 185 Å². The molecule has 0 bridgehead atoms. The summed E-state index contributed by atoms with van der Waals surface area (Å²) in [5.41, 5.74) is 2.16. The van der Waals surface area contributed by atoms with E-state index in [4.69, 9.17) is 4.74 Å². The molecule has 0 spiro atoms. The predicted octanol–water partition coefficient (Wildman–Crippen LogP) is 5.97. The summed E-state index contributed by atoms with van der Waals surface area (Å²) < 4.78 is 32.5. The standard InChI is InChI=1S/C21H18F2N2O2S3/c22-16-7-4-14(10-17(16)23)18-12-30-21(24-18)25-19(26)11-27-15-5-2-13(3-6-15)20-28-8-1-9-29-20/h2-7,10,12,20H,1,8-9,11H2,(H,24,25,26). The highest BCUT2D eigenvalue weighted by Gasteiger charge is 2.16. The Morgan fingerprint density at radius 3 is 2.60 bits per heavy atom. The van der Waals surface area contributed by atoms with Crippen LogP contribution in [-0.4, -0.2) is 29.0 Å². The van der Waals surface area contributed by atoms with Gasteiger partial charge < -0.3 is 4.74 Å². The maximum absolute atomic E-state index is 13.4. The molecule has 1 aliphatic rings. The second kappa shape index (κ2) is 9.80. The fraction of sp³-hybridized carbons (Fsp3) is 0.238. The van der Waals surface area contributed by atoms with Gasteiger partial charge in [-0.2, -0.15) is 0 Å². The van der Waals surface area contributed by atoms with Gasteiger partial charge in [0.05, 0.1) is 10.3 Å². The molecule has 1 amide bonds. The summed E-state index contributed by atoms with van der Waals surface area (Å²) in [6.07, 6.45) is 1.25. The lowest BCUT2D eigenvalue weighted by Gasteiger charge is -2.21. The third kappa shape index (κ3) is 5.33. The Bertz CT molecular complexity index is 1020. The largest absolute Gasteiger partial charge is 0.484 e. The Hall–Kier alpha value is -2.10. The van der Waals surface area contributed by atoms with Crippen LogP contribution in [0, 0.1) is 11.6 Å². The first-order chi connectivity index (χ1) is 14.6. The monoisotopic (exact) mass is 464 g/mol. The molecule has 0 atom stereocenters. The number of benzene rings is 2. The maximum atomic E-state index is 13.4. The number of hydrogen-bond acceptors (Lipinski definition) is 6. The number of nitrogens with zero attached hydrogens (tertiary/aromatic N) is 1. The molecule has 1 saturated heterocycles. The topological polar surface area (TPSA) is 51.2 Å². The van der Waals surface area contributed by atoms with Crippen LogP contribution in [0.3, 0.4) is 0 Å². The number of thioether (sulfide) groups is 2. The second-order valence-corrected chi connectivity index (χ2v) is 10.1. The Morgan fingerprint density at radius 1 is 1.10 bits per heavy atom. The van der Waals surface area contributed by atoms with Gasteiger partial charge in [-0.05, 0) is 53.8 Å². The zero-order valence-electron chi connectivity index (χ0n) is 15.8. The van der Waals surface area contributed by atoms with Crippen LogP contribution in [0.15, 0.2) is 47.8 Å². The molecule has 0 radical (unpaired) electrons. The number of halogens is 2. The zero-order valence-corrected chi connectivity index (χ0v) is 18.2. The van der Waals surface area contributed by atoms with E-state index in [0.29, 0.717) is 26.7 Å². The van der Waals surface area contributed by atoms with Gasteiger partial charge in [-0.1, -0.05) is 12.1 Å². The van der Waals surface area contributed by atoms with Gasteiger partial charge in [-0.3, -0.25) is 10.1 Å². The second-order valence-electron chi connectivity index (χ2n) is 6.50. The van der Waals surface area contributed by atoms with Crippen molar-refractivity contribution in [2.75, 3.05) is 23.4 Å². The highest BCUT2D eigenvalue weighted by Crippen LogP contribution is 2.43. The molecule has 0 unspecified atom stereocenters. The van der Waals surface area contributed by atoms with E-state index in [1.807, 2.05) is 47.8 Å². The third-order valence-electron chi connectivity index (χ3n) is 4.32. The molecule has 2 heterocycles. The van der Waals surface area contributed by atoms with Crippen molar-refractivity contribution in [3.05, 3.63) is 65.0 Å². The number of aromatic nitrogens is 1. The van der Waals surface area contributed by atoms with E-state index >= 15 is 0 Å². The molecule has 1 N–H and O–H groups in total. The van der Waals surface area contributed by atoms with Gasteiger partial charge in [0.25, 0.3) is 5.91 Å². The first kappa shape index (κ1) is 21.1. The summed E-state index contributed by atoms with van der Waals surface area (Å²) >= 11 is 5.12. The van der Waals surface area contributed by atoms with Gasteiger partial charge in [-0.15, -0.1) is 34.9 Å². The lowest BCUT2D eigenvalue weighted by Crippen LogP contribution is -2.20. The number of hydrogen-bond donors (Lipinski definition) is 1. The van der Waals surface area contributed by atoms with E-state index in [1.165, 1.54) is 40.9 Å². The van der Waals surface area contributed by atoms with Crippen LogP contribution in [0.2, 0.25) is 0 Å². The molecule has 0 aliphatic carbocycles. The van der Waals surface area contributed by atoms with Crippen LogP contribution in [0.25, 0.3) is 11.3 Å². The fourth-order valence-corrected chi connectivity index (χ4v) is 6.46. The van der Waals surface area contributed by atoms with Crippen LogP contribution >= 0.6 is 34.9 Å². The smallest absolute Gasteiger partial charge is 0.264 e. The van der Waals surface area contributed by atoms with E-state index in [2.05, 4.69) is 10.3 Å². The quantitative estimate of drug-likeness (QED) is 0.487. The van der Waals surface area contributed by atoms with Crippen LogP contribution in [0.4, 0.5) is 13.9 Å². The van der Waals surface area contributed by atoms with Gasteiger partial charge in [0.2, 0.25) is 0 Å². The average molecular weight is 465 g/mol. The summed E-state index contributed by atoms with van der Waals surface area (Å²) in [4.78, 5) is 16.4. The molecule has 1 aliphatic heterocycles. The molecule has 1 aromatic heterocycles. The van der Waals surface area contributed by atoms with E-state index < -0.39 is 11.6 Å². The number of carbonyl (C=O) groups excluding carboxylic acids is 1. The highest BCUT2D eigenvalue weighted by atomic mass is 32.2. The molecule has 156 valence electrons. The SMILES string of the molecule is O=C(COc1ccc(C2SCCCS2)cc1)Nc1nc(-c2ccc(F)c(F)c2)cs1. The summed E-state index contributed by atoms with van der Waals surface area (Å²) in [7, 11) is 0. The first-order valence-electron chi connectivity index (χ1n) is 9.25. The lowest BCUT2D eigenvalue weighted by atomic mass is 10.2. The lowest BCUT2D eigenvalue weighted by molar-refractivity contribution is -0.118. The van der Waals surface area contributed by atoms with Gasteiger partial charge in [0.1, 0.15) is 5.75 Å². The molecule has 30 heavy (non-hydrogen) atoms. The predicted molar refractivity (Wildman–Crippen MR) is 120 cm³/mol. The summed E-state index contributed by atoms with van der Waals surface area (Å²) in [6.45, 7) is -0.146. The van der Waals surface area contributed by atoms with Gasteiger partial charge in [0, 0.05) is 10.9 Å². The molecule has 4 nitrogen and oxygen atoms in total. The van der Waals surface area contributed by atoms with Crippen LogP contribution < -0.4 is 10.1 Å². The van der Waals surface area contributed by atoms with Gasteiger partial charge in [0.15, 0.2) is 23.4 Å². The van der Waals surface area contributed by atoms with Crippen molar-refractivity contribution in [2.45, 2.75) is 11.0 Å². The van der Waals surface area contributed by atoms with Crippen molar-refractivity contribution in [3.63, 3.8) is 0 Å². The van der Waals surface area contributed by atoms with Gasteiger partial charge in [-0.25, -0.2) is 13.8 Å². The molecule has 1 fully saturated rings. The molecule has 2 aromatic carbocycles. The molecule has 3 aromatic rings. The van der Waals surface area contributed by atoms with E-state index in [0.717, 1.165) is 12.1 Å². The molecule has 4 rings (SSSR count). The molecular formula is C21H18F2N2O2S3. The number of nitrogens with one attached hydrogen (secondary N) is 1. The van der Waals surface area contributed by atoms with Crippen molar-refractivity contribution in [3.8, 4) is 17.0 Å². The first-order valence-corrected chi connectivity index (χ1v) is 12.2. The maximum Gasteiger partial charge on any atom is 0.264 e. The highest BCUT2D eigenvalue weighted by molar-refractivity contribution is 8.16. The van der Waals surface area contributed by atoms with Gasteiger partial charge >= 0.3 is 0 Å². The number of amides is 1. The molecule has 9 heteroatoms. The number of anilines is 1. The number of rotatable bonds is 6. The van der Waals surface area contributed by atoms with E-state index in [1.54, 1.807) is 5.38 Å². The van der Waals surface area contributed by atoms with Crippen molar-refractivity contribution in [1.82, 2.24) is 4.98 Å². The summed E-state index contributed by atoms with van der Waals surface area (Å²) in [5, 5.41) is 4.70. The Balaban J connectivity index is 1.29. The van der Waals surface area contributed by atoms with Crippen molar-refractivity contribution in [2.24, 2.45) is 0 Å². The van der Waals surface area contributed by atoms with Crippen LogP contribution in [-0.2, 0) is 4.79 Å². The minimum Gasteiger partial charge on any atom is -0.484 e. The number of carbonyl (C=O) groups is 1. The normalized spacial score (nSPS) is 14.5. The summed E-state index contributed by atoms with van der Waals surface area (Å²) in [5.74, 6) is 0.801. The van der Waals surface area contributed by atoms with Crippen LogP contribution in [0.5, 0.6) is 5.75 Å². The number of ether oxygens (including phenoxy) is 1. The minimum absolute atomic E-state index is 0.146. The Morgan fingerprint density at radius 2 is 1.87 bits per heavy atom. The van der Waals surface area contributed by atoms with Crippen molar-refractivity contribution in [1.29, 1.82) is 0 Å². The number of thiazole rings is 1. The fourth-order valence-electron chi connectivity index (χ4n) is 2.82. The average Bonchev–Trinajstić information content (AvgIpc) is 3.23. The van der Waals surface area contributed by atoms with E-state index in [-0.39, 0.29) is 12.5 Å². The van der Waals surface area contributed by atoms with E-state index in [9.17, 15) is 13.6 Å². The zero-order chi connectivity index (χ0) is 20.9.